The lowest BCUT2D eigenvalue weighted by Gasteiger charge is -2.06. The third-order valence-electron chi connectivity index (χ3n) is 2.68. The van der Waals surface area contributed by atoms with Gasteiger partial charge in [-0.3, -0.25) is 5.32 Å². The lowest BCUT2D eigenvalue weighted by Crippen LogP contribution is -2.19. The number of oxime groups is 1. The first-order valence-corrected chi connectivity index (χ1v) is 7.24. The molecule has 3 N–H and O–H groups in total. The van der Waals surface area contributed by atoms with Gasteiger partial charge in [-0.15, -0.1) is 11.3 Å². The highest BCUT2D eigenvalue weighted by atomic mass is 35.5. The van der Waals surface area contributed by atoms with Crippen LogP contribution in [0, 0.1) is 6.92 Å². The number of amides is 2. The van der Waals surface area contributed by atoms with Gasteiger partial charge in [0.15, 0.2) is 5.13 Å². The second-order valence-electron chi connectivity index (χ2n) is 4.27. The molecule has 1 aromatic carbocycles. The predicted octanol–water partition coefficient (Wildman–Crippen LogP) is 3.95. The van der Waals surface area contributed by atoms with Crippen LogP contribution in [0.2, 0.25) is 5.02 Å². The number of urea groups is 1. The molecule has 6 nitrogen and oxygen atoms in total. The van der Waals surface area contributed by atoms with Gasteiger partial charge in [0, 0.05) is 16.1 Å². The van der Waals surface area contributed by atoms with Crippen molar-refractivity contribution in [2.45, 2.75) is 13.8 Å². The van der Waals surface area contributed by atoms with E-state index in [2.05, 4.69) is 20.8 Å². The van der Waals surface area contributed by atoms with Gasteiger partial charge in [-0.25, -0.2) is 9.78 Å². The zero-order chi connectivity index (χ0) is 15.4. The Morgan fingerprint density at radius 2 is 2.19 bits per heavy atom. The second kappa shape index (κ2) is 6.55. The first-order chi connectivity index (χ1) is 9.99. The molecule has 0 atom stereocenters. The van der Waals surface area contributed by atoms with Crippen molar-refractivity contribution in [2.24, 2.45) is 5.16 Å². The number of halogens is 1. The Balaban J connectivity index is 2.01. The molecule has 0 saturated carbocycles. The fraction of sp³-hybridized carbons (Fsp3) is 0.154. The summed E-state index contributed by atoms with van der Waals surface area (Å²) >= 11 is 7.23. The molecule has 0 saturated heterocycles. The van der Waals surface area contributed by atoms with Gasteiger partial charge >= 0.3 is 6.03 Å². The van der Waals surface area contributed by atoms with E-state index in [-0.39, 0.29) is 0 Å². The SMILES string of the molecule is CC(=NO)c1csc(NC(=O)Nc2ccc(C)c(Cl)c2)n1. The van der Waals surface area contributed by atoms with E-state index in [0.717, 1.165) is 5.56 Å². The first-order valence-electron chi connectivity index (χ1n) is 5.98. The molecule has 0 unspecified atom stereocenters. The molecular weight excluding hydrogens is 312 g/mol. The Bertz CT molecular complexity index is 699. The van der Waals surface area contributed by atoms with Gasteiger partial charge in [-0.05, 0) is 31.5 Å². The van der Waals surface area contributed by atoms with Crippen molar-refractivity contribution in [1.29, 1.82) is 0 Å². The van der Waals surface area contributed by atoms with Crippen LogP contribution in [-0.2, 0) is 0 Å². The third kappa shape index (κ3) is 3.93. The highest BCUT2D eigenvalue weighted by Gasteiger charge is 2.09. The molecule has 0 aliphatic heterocycles. The van der Waals surface area contributed by atoms with Gasteiger partial charge < -0.3 is 10.5 Å². The summed E-state index contributed by atoms with van der Waals surface area (Å²) < 4.78 is 0. The van der Waals surface area contributed by atoms with Gasteiger partial charge in [0.05, 0.1) is 0 Å². The van der Waals surface area contributed by atoms with Crippen molar-refractivity contribution >= 4 is 45.5 Å². The molecule has 0 radical (unpaired) electrons. The topological polar surface area (TPSA) is 86.6 Å². The number of carbonyl (C=O) groups is 1. The Morgan fingerprint density at radius 3 is 2.86 bits per heavy atom. The smallest absolute Gasteiger partial charge is 0.325 e. The molecule has 2 amide bonds. The van der Waals surface area contributed by atoms with Crippen molar-refractivity contribution in [3.05, 3.63) is 39.9 Å². The van der Waals surface area contributed by atoms with Crippen LogP contribution in [-0.4, -0.2) is 21.9 Å². The number of hydrogen-bond donors (Lipinski definition) is 3. The van der Waals surface area contributed by atoms with Crippen LogP contribution in [0.4, 0.5) is 15.6 Å². The normalized spacial score (nSPS) is 11.3. The van der Waals surface area contributed by atoms with E-state index < -0.39 is 6.03 Å². The molecule has 0 aliphatic rings. The van der Waals surface area contributed by atoms with Crippen LogP contribution >= 0.6 is 22.9 Å². The molecule has 1 aromatic heterocycles. The van der Waals surface area contributed by atoms with Crippen molar-refractivity contribution in [3.63, 3.8) is 0 Å². The number of carbonyl (C=O) groups excluding carboxylic acids is 1. The molecule has 0 fully saturated rings. The summed E-state index contributed by atoms with van der Waals surface area (Å²) in [5.41, 5.74) is 2.42. The molecule has 1 heterocycles. The Hall–Kier alpha value is -2.12. The van der Waals surface area contributed by atoms with Gasteiger partial charge in [0.25, 0.3) is 0 Å². The number of thiazole rings is 1. The molecular formula is C13H13ClN4O2S. The van der Waals surface area contributed by atoms with Crippen LogP contribution < -0.4 is 10.6 Å². The minimum absolute atomic E-state index is 0.380. The van der Waals surface area contributed by atoms with E-state index in [9.17, 15) is 4.79 Å². The lowest BCUT2D eigenvalue weighted by atomic mass is 10.2. The molecule has 2 rings (SSSR count). The number of nitrogens with zero attached hydrogens (tertiary/aromatic N) is 2. The minimum atomic E-state index is -0.422. The number of benzene rings is 1. The molecule has 21 heavy (non-hydrogen) atoms. The van der Waals surface area contributed by atoms with Crippen molar-refractivity contribution in [3.8, 4) is 0 Å². The number of aromatic nitrogens is 1. The maximum Gasteiger partial charge on any atom is 0.325 e. The highest BCUT2D eigenvalue weighted by Crippen LogP contribution is 2.21. The zero-order valence-electron chi connectivity index (χ0n) is 11.3. The van der Waals surface area contributed by atoms with Gasteiger partial charge in [-0.2, -0.15) is 0 Å². The monoisotopic (exact) mass is 324 g/mol. The molecule has 110 valence electrons. The van der Waals surface area contributed by atoms with Crippen molar-refractivity contribution in [1.82, 2.24) is 4.98 Å². The first kappa shape index (κ1) is 15.3. The summed E-state index contributed by atoms with van der Waals surface area (Å²) in [7, 11) is 0. The van der Waals surface area contributed by atoms with Crippen LogP contribution in [0.15, 0.2) is 28.7 Å². The van der Waals surface area contributed by atoms with Crippen molar-refractivity contribution in [2.75, 3.05) is 10.6 Å². The zero-order valence-corrected chi connectivity index (χ0v) is 12.9. The predicted molar refractivity (Wildman–Crippen MR) is 84.9 cm³/mol. The molecule has 0 spiro atoms. The summed E-state index contributed by atoms with van der Waals surface area (Å²) in [6, 6.07) is 4.83. The van der Waals surface area contributed by atoms with Crippen LogP contribution in [0.3, 0.4) is 0 Å². The number of hydrogen-bond acceptors (Lipinski definition) is 5. The van der Waals surface area contributed by atoms with E-state index in [1.165, 1.54) is 11.3 Å². The Morgan fingerprint density at radius 1 is 1.43 bits per heavy atom. The summed E-state index contributed by atoms with van der Waals surface area (Å²) in [4.78, 5) is 16.0. The molecule has 8 heteroatoms. The van der Waals surface area contributed by atoms with Crippen LogP contribution in [0.1, 0.15) is 18.2 Å². The maximum absolute atomic E-state index is 11.8. The summed E-state index contributed by atoms with van der Waals surface area (Å²) in [5, 5.41) is 19.7. The lowest BCUT2D eigenvalue weighted by molar-refractivity contribution is 0.262. The number of aryl methyl sites for hydroxylation is 1. The Labute approximate surface area is 130 Å². The van der Waals surface area contributed by atoms with E-state index in [1.54, 1.807) is 24.4 Å². The summed E-state index contributed by atoms with van der Waals surface area (Å²) in [6.45, 7) is 3.50. The standard InChI is InChI=1S/C13H13ClN4O2S/c1-7-3-4-9(5-10(7)14)15-12(19)17-13-16-11(6-21-13)8(2)18-20/h3-6,20H,1-2H3,(H2,15,16,17,19). The van der Waals surface area contributed by atoms with Crippen LogP contribution in [0.25, 0.3) is 0 Å². The number of anilines is 2. The average molecular weight is 325 g/mol. The van der Waals surface area contributed by atoms with E-state index >= 15 is 0 Å². The van der Waals surface area contributed by atoms with E-state index in [4.69, 9.17) is 16.8 Å². The summed E-state index contributed by atoms with van der Waals surface area (Å²) in [5.74, 6) is 0. The maximum atomic E-state index is 11.8. The second-order valence-corrected chi connectivity index (χ2v) is 5.53. The van der Waals surface area contributed by atoms with Crippen LogP contribution in [0.5, 0.6) is 0 Å². The number of rotatable bonds is 3. The van der Waals surface area contributed by atoms with E-state index in [1.807, 2.05) is 13.0 Å². The largest absolute Gasteiger partial charge is 0.411 e. The fourth-order valence-electron chi connectivity index (χ4n) is 1.48. The van der Waals surface area contributed by atoms with E-state index in [0.29, 0.717) is 27.2 Å². The highest BCUT2D eigenvalue weighted by molar-refractivity contribution is 7.14. The number of nitrogens with one attached hydrogen (secondary N) is 2. The molecule has 0 aliphatic carbocycles. The minimum Gasteiger partial charge on any atom is -0.411 e. The average Bonchev–Trinajstić information content (AvgIpc) is 2.90. The summed E-state index contributed by atoms with van der Waals surface area (Å²) in [6.07, 6.45) is 0. The Kier molecular flexibility index (Phi) is 4.77. The van der Waals surface area contributed by atoms with Crippen molar-refractivity contribution < 1.29 is 10.0 Å². The van der Waals surface area contributed by atoms with Gasteiger partial charge in [-0.1, -0.05) is 22.8 Å². The van der Waals surface area contributed by atoms with Gasteiger partial charge in [0.2, 0.25) is 0 Å². The quantitative estimate of drug-likeness (QED) is 0.454. The molecule has 2 aromatic rings. The fourth-order valence-corrected chi connectivity index (χ4v) is 2.41. The third-order valence-corrected chi connectivity index (χ3v) is 3.84. The molecule has 0 bridgehead atoms. The van der Waals surface area contributed by atoms with Gasteiger partial charge in [0.1, 0.15) is 11.4 Å².